The molecule has 0 radical (unpaired) electrons. The summed E-state index contributed by atoms with van der Waals surface area (Å²) in [5.74, 6) is 5.06. The molecule has 0 aliphatic carbocycles. The molecular formula is C10H14N2O2. The van der Waals surface area contributed by atoms with Crippen LogP contribution in [0.4, 0.5) is 5.69 Å². The average molecular weight is 194 g/mol. The van der Waals surface area contributed by atoms with Crippen LogP contribution in [0.25, 0.3) is 0 Å². The van der Waals surface area contributed by atoms with Crippen molar-refractivity contribution in [2.24, 2.45) is 5.84 Å². The number of nitrogens with two attached hydrogens (primary N) is 1. The van der Waals surface area contributed by atoms with Gasteiger partial charge >= 0.3 is 5.97 Å². The highest BCUT2D eigenvalue weighted by molar-refractivity contribution is 5.75. The molecule has 14 heavy (non-hydrogen) atoms. The van der Waals surface area contributed by atoms with Gasteiger partial charge in [0, 0.05) is 0 Å². The molecule has 1 rings (SSSR count). The van der Waals surface area contributed by atoms with Crippen LogP contribution in [0.2, 0.25) is 0 Å². The van der Waals surface area contributed by atoms with Gasteiger partial charge in [0.2, 0.25) is 0 Å². The molecular weight excluding hydrogens is 180 g/mol. The maximum absolute atomic E-state index is 11.2. The molecule has 1 aromatic rings. The molecule has 4 nitrogen and oxygen atoms in total. The lowest BCUT2D eigenvalue weighted by Crippen LogP contribution is -2.13. The number of carbonyl (C=O) groups excluding carboxylic acids is 1. The molecule has 0 aliphatic rings. The molecule has 0 aliphatic heterocycles. The van der Waals surface area contributed by atoms with Gasteiger partial charge in [0.1, 0.15) is 0 Å². The van der Waals surface area contributed by atoms with Gasteiger partial charge < -0.3 is 10.2 Å². The lowest BCUT2D eigenvalue weighted by atomic mass is 10.1. The number of nitrogen functional groups attached to an aromatic ring is 1. The summed E-state index contributed by atoms with van der Waals surface area (Å²) >= 11 is 0. The van der Waals surface area contributed by atoms with Crippen molar-refractivity contribution < 1.29 is 9.53 Å². The van der Waals surface area contributed by atoms with E-state index in [1.54, 1.807) is 6.92 Å². The smallest absolute Gasteiger partial charge is 0.310 e. The summed E-state index contributed by atoms with van der Waals surface area (Å²) in [6, 6.07) is 7.36. The number of para-hydroxylation sites is 1. The zero-order valence-corrected chi connectivity index (χ0v) is 8.12. The average Bonchev–Trinajstić information content (AvgIpc) is 2.19. The fourth-order valence-corrected chi connectivity index (χ4v) is 1.18. The first-order chi connectivity index (χ1) is 6.77. The highest BCUT2D eigenvalue weighted by Crippen LogP contribution is 2.14. The summed E-state index contributed by atoms with van der Waals surface area (Å²) < 4.78 is 4.84. The van der Waals surface area contributed by atoms with Crippen LogP contribution >= 0.6 is 0 Å². The summed E-state index contributed by atoms with van der Waals surface area (Å²) in [5.41, 5.74) is 4.13. The SMILES string of the molecule is CCOC(=O)Cc1ccccc1NN. The van der Waals surface area contributed by atoms with Crippen molar-refractivity contribution >= 4 is 11.7 Å². The first-order valence-corrected chi connectivity index (χ1v) is 4.48. The van der Waals surface area contributed by atoms with Crippen LogP contribution in [0.3, 0.4) is 0 Å². The Bertz CT molecular complexity index is 313. The van der Waals surface area contributed by atoms with Gasteiger partial charge in [0.25, 0.3) is 0 Å². The van der Waals surface area contributed by atoms with Gasteiger partial charge in [0.15, 0.2) is 0 Å². The fourth-order valence-electron chi connectivity index (χ4n) is 1.18. The van der Waals surface area contributed by atoms with E-state index < -0.39 is 0 Å². The summed E-state index contributed by atoms with van der Waals surface area (Å²) in [6.45, 7) is 2.18. The highest BCUT2D eigenvalue weighted by Gasteiger charge is 2.06. The molecule has 0 bridgehead atoms. The predicted molar refractivity (Wildman–Crippen MR) is 54.6 cm³/mol. The van der Waals surface area contributed by atoms with E-state index >= 15 is 0 Å². The second-order valence-corrected chi connectivity index (χ2v) is 2.78. The zero-order chi connectivity index (χ0) is 10.4. The number of hydrogen-bond acceptors (Lipinski definition) is 4. The van der Waals surface area contributed by atoms with Crippen LogP contribution < -0.4 is 11.3 Å². The van der Waals surface area contributed by atoms with Crippen LogP contribution in [0.1, 0.15) is 12.5 Å². The maximum atomic E-state index is 11.2. The van der Waals surface area contributed by atoms with Crippen LogP contribution in [0.5, 0.6) is 0 Å². The lowest BCUT2D eigenvalue weighted by Gasteiger charge is -2.07. The van der Waals surface area contributed by atoms with E-state index in [2.05, 4.69) is 5.43 Å². The molecule has 3 N–H and O–H groups in total. The van der Waals surface area contributed by atoms with Crippen LogP contribution in [-0.4, -0.2) is 12.6 Å². The number of hydrogen-bond donors (Lipinski definition) is 2. The van der Waals surface area contributed by atoms with Gasteiger partial charge in [-0.3, -0.25) is 10.6 Å². The van der Waals surface area contributed by atoms with Crippen molar-refractivity contribution in [3.8, 4) is 0 Å². The van der Waals surface area contributed by atoms with Crippen LogP contribution in [0.15, 0.2) is 24.3 Å². The van der Waals surface area contributed by atoms with E-state index in [1.807, 2.05) is 24.3 Å². The third kappa shape index (κ3) is 2.74. The molecule has 0 amide bonds. The van der Waals surface area contributed by atoms with E-state index in [0.717, 1.165) is 11.3 Å². The Labute approximate surface area is 83.0 Å². The number of anilines is 1. The van der Waals surface area contributed by atoms with Crippen molar-refractivity contribution in [2.75, 3.05) is 12.0 Å². The van der Waals surface area contributed by atoms with E-state index in [1.165, 1.54) is 0 Å². The number of carbonyl (C=O) groups is 1. The summed E-state index contributed by atoms with van der Waals surface area (Å²) in [5, 5.41) is 0. The van der Waals surface area contributed by atoms with Gasteiger partial charge in [0.05, 0.1) is 18.7 Å². The number of esters is 1. The predicted octanol–water partition coefficient (Wildman–Crippen LogP) is 1.08. The van der Waals surface area contributed by atoms with E-state index in [0.29, 0.717) is 6.61 Å². The minimum Gasteiger partial charge on any atom is -0.466 e. The quantitative estimate of drug-likeness (QED) is 0.427. The van der Waals surface area contributed by atoms with Crippen molar-refractivity contribution in [1.82, 2.24) is 0 Å². The van der Waals surface area contributed by atoms with Gasteiger partial charge in [-0.05, 0) is 18.6 Å². The molecule has 4 heteroatoms. The fraction of sp³-hybridized carbons (Fsp3) is 0.300. The molecule has 76 valence electrons. The molecule has 0 unspecified atom stereocenters. The minimum absolute atomic E-state index is 0.241. The Kier molecular flexibility index (Phi) is 3.94. The highest BCUT2D eigenvalue weighted by atomic mass is 16.5. The Morgan fingerprint density at radius 3 is 2.86 bits per heavy atom. The zero-order valence-electron chi connectivity index (χ0n) is 8.12. The monoisotopic (exact) mass is 194 g/mol. The topological polar surface area (TPSA) is 64.3 Å². The van der Waals surface area contributed by atoms with Crippen molar-refractivity contribution in [3.05, 3.63) is 29.8 Å². The van der Waals surface area contributed by atoms with Gasteiger partial charge in [-0.15, -0.1) is 0 Å². The second-order valence-electron chi connectivity index (χ2n) is 2.78. The first-order valence-electron chi connectivity index (χ1n) is 4.48. The van der Waals surface area contributed by atoms with Crippen LogP contribution in [-0.2, 0) is 16.0 Å². The first kappa shape index (κ1) is 10.5. The Morgan fingerprint density at radius 2 is 2.21 bits per heavy atom. The second kappa shape index (κ2) is 5.24. The van der Waals surface area contributed by atoms with Crippen molar-refractivity contribution in [2.45, 2.75) is 13.3 Å². The summed E-state index contributed by atoms with van der Waals surface area (Å²) in [4.78, 5) is 11.2. The molecule has 0 heterocycles. The molecule has 0 fully saturated rings. The van der Waals surface area contributed by atoms with Crippen molar-refractivity contribution in [1.29, 1.82) is 0 Å². The Hall–Kier alpha value is -1.55. The third-order valence-corrected chi connectivity index (χ3v) is 1.81. The van der Waals surface area contributed by atoms with Crippen LogP contribution in [0, 0.1) is 0 Å². The molecule has 0 spiro atoms. The summed E-state index contributed by atoms with van der Waals surface area (Å²) in [6.07, 6.45) is 0.244. The molecule has 0 saturated heterocycles. The number of ether oxygens (including phenoxy) is 1. The van der Waals surface area contributed by atoms with E-state index in [9.17, 15) is 4.79 Å². The van der Waals surface area contributed by atoms with Gasteiger partial charge in [-0.25, -0.2) is 0 Å². The molecule has 0 aromatic heterocycles. The minimum atomic E-state index is -0.241. The Balaban J connectivity index is 2.70. The normalized spacial score (nSPS) is 9.57. The number of benzene rings is 1. The van der Waals surface area contributed by atoms with E-state index in [4.69, 9.17) is 10.6 Å². The van der Waals surface area contributed by atoms with Crippen molar-refractivity contribution in [3.63, 3.8) is 0 Å². The molecule has 0 atom stereocenters. The number of rotatable bonds is 4. The lowest BCUT2D eigenvalue weighted by molar-refractivity contribution is -0.142. The van der Waals surface area contributed by atoms with Gasteiger partial charge in [-0.2, -0.15) is 0 Å². The molecule has 1 aromatic carbocycles. The molecule has 0 saturated carbocycles. The number of hydrazine groups is 1. The maximum Gasteiger partial charge on any atom is 0.310 e. The third-order valence-electron chi connectivity index (χ3n) is 1.81. The largest absolute Gasteiger partial charge is 0.466 e. The van der Waals surface area contributed by atoms with Gasteiger partial charge in [-0.1, -0.05) is 18.2 Å². The summed E-state index contributed by atoms with van der Waals surface area (Å²) in [7, 11) is 0. The van der Waals surface area contributed by atoms with E-state index in [-0.39, 0.29) is 12.4 Å². The number of nitrogens with one attached hydrogen (secondary N) is 1. The standard InChI is InChI=1S/C10H14N2O2/c1-2-14-10(13)7-8-5-3-4-6-9(8)12-11/h3-6,12H,2,7,11H2,1H3. The Morgan fingerprint density at radius 1 is 1.50 bits per heavy atom.